The van der Waals surface area contributed by atoms with Crippen LogP contribution in [-0.4, -0.2) is 40.2 Å². The zero-order valence-corrected chi connectivity index (χ0v) is 19.4. The van der Waals surface area contributed by atoms with Crippen LogP contribution in [0.15, 0.2) is 9.95 Å². The Morgan fingerprint density at radius 1 is 1.36 bits per heavy atom. The molecule has 3 rings (SSSR count). The lowest BCUT2D eigenvalue weighted by Gasteiger charge is -2.33. The van der Waals surface area contributed by atoms with Crippen LogP contribution in [0.2, 0.25) is 0 Å². The van der Waals surface area contributed by atoms with Crippen LogP contribution in [-0.2, 0) is 24.2 Å². The quantitative estimate of drug-likeness (QED) is 0.536. The molecule has 0 radical (unpaired) electrons. The van der Waals surface area contributed by atoms with Gasteiger partial charge in [0.25, 0.3) is 5.56 Å². The third-order valence-corrected chi connectivity index (χ3v) is 7.74. The van der Waals surface area contributed by atoms with Crippen LogP contribution in [0.1, 0.15) is 51.0 Å². The van der Waals surface area contributed by atoms with E-state index in [4.69, 9.17) is 4.98 Å². The van der Waals surface area contributed by atoms with E-state index in [2.05, 4.69) is 27.7 Å². The summed E-state index contributed by atoms with van der Waals surface area (Å²) in [4.78, 5) is 34.0. The van der Waals surface area contributed by atoms with E-state index in [0.717, 1.165) is 35.9 Å². The third-order valence-electron chi connectivity index (χ3n) is 5.63. The van der Waals surface area contributed by atoms with Gasteiger partial charge in [-0.05, 0) is 42.6 Å². The Morgan fingerprint density at radius 2 is 2.07 bits per heavy atom. The number of carbonyl (C=O) groups excluding carboxylic acids is 1. The molecule has 28 heavy (non-hydrogen) atoms. The van der Waals surface area contributed by atoms with E-state index in [1.165, 1.54) is 22.2 Å². The highest BCUT2D eigenvalue weighted by Crippen LogP contribution is 2.42. The van der Waals surface area contributed by atoms with Crippen molar-refractivity contribution in [2.24, 2.45) is 11.3 Å². The van der Waals surface area contributed by atoms with E-state index in [1.807, 2.05) is 0 Å². The molecule has 0 aromatic carbocycles. The zero-order valence-electron chi connectivity index (χ0n) is 17.8. The summed E-state index contributed by atoms with van der Waals surface area (Å²) in [6.45, 7) is 9.61. The number of rotatable bonds is 5. The highest BCUT2D eigenvalue weighted by Gasteiger charge is 2.32. The van der Waals surface area contributed by atoms with Crippen molar-refractivity contribution >= 4 is 39.2 Å². The molecule has 7 heteroatoms. The molecule has 1 aliphatic carbocycles. The molecule has 0 N–H and O–H groups in total. The van der Waals surface area contributed by atoms with Crippen molar-refractivity contribution in [2.45, 2.75) is 65.1 Å². The number of nitrogens with zero attached hydrogens (tertiary/aromatic N) is 3. The van der Waals surface area contributed by atoms with Crippen LogP contribution < -0.4 is 5.56 Å². The average Bonchev–Trinajstić information content (AvgIpc) is 2.99. The summed E-state index contributed by atoms with van der Waals surface area (Å²) in [6, 6.07) is 0. The Labute approximate surface area is 175 Å². The summed E-state index contributed by atoms with van der Waals surface area (Å²) in [6.07, 6.45) is 3.99. The predicted octanol–water partition coefficient (Wildman–Crippen LogP) is 4.20. The van der Waals surface area contributed by atoms with Crippen LogP contribution >= 0.6 is 23.1 Å². The largest absolute Gasteiger partial charge is 0.348 e. The number of fused-ring (bicyclic) bond motifs is 3. The smallest absolute Gasteiger partial charge is 0.263 e. The number of carbonyl (C=O) groups is 1. The molecule has 2 aromatic heterocycles. The van der Waals surface area contributed by atoms with Gasteiger partial charge in [0.05, 0.1) is 11.1 Å². The molecule has 0 saturated heterocycles. The fourth-order valence-electron chi connectivity index (χ4n) is 3.77. The van der Waals surface area contributed by atoms with E-state index >= 15 is 0 Å². The van der Waals surface area contributed by atoms with Crippen LogP contribution in [0.5, 0.6) is 0 Å². The van der Waals surface area contributed by atoms with Crippen molar-refractivity contribution < 1.29 is 4.79 Å². The maximum absolute atomic E-state index is 13.4. The number of amides is 1. The summed E-state index contributed by atoms with van der Waals surface area (Å²) in [5.41, 5.74) is 1.57. The van der Waals surface area contributed by atoms with Gasteiger partial charge < -0.3 is 4.90 Å². The number of thiophene rings is 1. The summed E-state index contributed by atoms with van der Waals surface area (Å²) >= 11 is 3.05. The standard InChI is InChI=1S/C21H31N3O2S2/c1-7-10-24-19(26)17-14-9-8-13(21(2,3)4)11-15(14)28-18(17)22-20(24)27-12-16(25)23(5)6/h13H,7-12H2,1-6H3/t13-/m0/s1. The Bertz CT molecular complexity index is 938. The third kappa shape index (κ3) is 4.15. The minimum atomic E-state index is 0.0286. The first-order valence-corrected chi connectivity index (χ1v) is 11.8. The van der Waals surface area contributed by atoms with Crippen molar-refractivity contribution in [3.63, 3.8) is 0 Å². The zero-order chi connectivity index (χ0) is 20.6. The second kappa shape index (κ2) is 8.19. The molecular formula is C21H31N3O2S2. The fraction of sp³-hybridized carbons (Fsp3) is 0.667. The minimum absolute atomic E-state index is 0.0286. The highest BCUT2D eigenvalue weighted by molar-refractivity contribution is 7.99. The number of hydrogen-bond acceptors (Lipinski definition) is 5. The number of aryl methyl sites for hydroxylation is 1. The molecule has 0 fully saturated rings. The second-order valence-electron chi connectivity index (χ2n) is 8.92. The molecule has 2 heterocycles. The van der Waals surface area contributed by atoms with Gasteiger partial charge in [-0.3, -0.25) is 14.2 Å². The van der Waals surface area contributed by atoms with Crippen molar-refractivity contribution in [1.82, 2.24) is 14.5 Å². The summed E-state index contributed by atoms with van der Waals surface area (Å²) in [5, 5.41) is 1.49. The van der Waals surface area contributed by atoms with Crippen molar-refractivity contribution in [3.8, 4) is 0 Å². The Kier molecular flexibility index (Phi) is 6.25. The number of hydrogen-bond donors (Lipinski definition) is 0. The van der Waals surface area contributed by atoms with E-state index in [-0.39, 0.29) is 16.9 Å². The first-order chi connectivity index (χ1) is 13.1. The van der Waals surface area contributed by atoms with Gasteiger partial charge in [-0.15, -0.1) is 11.3 Å². The fourth-order valence-corrected chi connectivity index (χ4v) is 6.11. The van der Waals surface area contributed by atoms with Gasteiger partial charge in [0.15, 0.2) is 5.16 Å². The maximum Gasteiger partial charge on any atom is 0.263 e. The van der Waals surface area contributed by atoms with Crippen molar-refractivity contribution in [2.75, 3.05) is 19.8 Å². The van der Waals surface area contributed by atoms with Gasteiger partial charge in [0.1, 0.15) is 4.83 Å². The van der Waals surface area contributed by atoms with Crippen LogP contribution in [0, 0.1) is 11.3 Å². The van der Waals surface area contributed by atoms with E-state index in [1.54, 1.807) is 34.9 Å². The van der Waals surface area contributed by atoms with Crippen LogP contribution in [0.4, 0.5) is 0 Å². The first kappa shape index (κ1) is 21.4. The molecule has 0 unspecified atom stereocenters. The van der Waals surface area contributed by atoms with E-state index < -0.39 is 0 Å². The molecular weight excluding hydrogens is 390 g/mol. The normalized spacial score (nSPS) is 17.0. The highest BCUT2D eigenvalue weighted by atomic mass is 32.2. The number of thioether (sulfide) groups is 1. The topological polar surface area (TPSA) is 55.2 Å². The molecule has 0 spiro atoms. The molecule has 2 aromatic rings. The average molecular weight is 422 g/mol. The first-order valence-electron chi connectivity index (χ1n) is 10.0. The summed E-state index contributed by atoms with van der Waals surface area (Å²) < 4.78 is 1.78. The Morgan fingerprint density at radius 3 is 2.68 bits per heavy atom. The Hall–Kier alpha value is -1.34. The second-order valence-corrected chi connectivity index (χ2v) is 10.9. The lowest BCUT2D eigenvalue weighted by molar-refractivity contribution is -0.125. The minimum Gasteiger partial charge on any atom is -0.348 e. The summed E-state index contributed by atoms with van der Waals surface area (Å²) in [5.74, 6) is 0.963. The van der Waals surface area contributed by atoms with Crippen LogP contribution in [0.3, 0.4) is 0 Å². The molecule has 0 saturated carbocycles. The molecule has 0 bridgehead atoms. The molecule has 1 atom stereocenters. The van der Waals surface area contributed by atoms with Gasteiger partial charge in [-0.25, -0.2) is 4.98 Å². The van der Waals surface area contributed by atoms with Crippen molar-refractivity contribution in [3.05, 3.63) is 20.8 Å². The van der Waals surface area contributed by atoms with Gasteiger partial charge in [-0.2, -0.15) is 0 Å². The molecule has 5 nitrogen and oxygen atoms in total. The maximum atomic E-state index is 13.4. The molecule has 154 valence electrons. The summed E-state index contributed by atoms with van der Waals surface area (Å²) in [7, 11) is 3.50. The monoisotopic (exact) mass is 421 g/mol. The van der Waals surface area contributed by atoms with Crippen LogP contribution in [0.25, 0.3) is 10.2 Å². The Balaban J connectivity index is 2.03. The predicted molar refractivity (Wildman–Crippen MR) is 119 cm³/mol. The van der Waals surface area contributed by atoms with Gasteiger partial charge in [-0.1, -0.05) is 39.5 Å². The van der Waals surface area contributed by atoms with Gasteiger partial charge >= 0.3 is 0 Å². The van der Waals surface area contributed by atoms with E-state index in [9.17, 15) is 9.59 Å². The van der Waals surface area contributed by atoms with Gasteiger partial charge in [0.2, 0.25) is 5.91 Å². The number of aromatic nitrogens is 2. The molecule has 0 aliphatic heterocycles. The van der Waals surface area contributed by atoms with E-state index in [0.29, 0.717) is 23.4 Å². The lowest BCUT2D eigenvalue weighted by Crippen LogP contribution is -2.28. The molecule has 1 amide bonds. The van der Waals surface area contributed by atoms with Crippen molar-refractivity contribution in [1.29, 1.82) is 0 Å². The van der Waals surface area contributed by atoms with Gasteiger partial charge in [0, 0.05) is 25.5 Å². The lowest BCUT2D eigenvalue weighted by atomic mass is 9.72. The SMILES string of the molecule is CCCn1c(SCC(=O)N(C)C)nc2sc3c(c2c1=O)CC[C@H](C(C)(C)C)C3. The molecule has 1 aliphatic rings.